The van der Waals surface area contributed by atoms with Gasteiger partial charge in [0, 0.05) is 5.56 Å². The molecule has 0 radical (unpaired) electrons. The summed E-state index contributed by atoms with van der Waals surface area (Å²) in [5.74, 6) is -0.552. The average molecular weight is 386 g/mol. The molecule has 0 atom stereocenters. The summed E-state index contributed by atoms with van der Waals surface area (Å²) in [4.78, 5) is 25.1. The third-order valence-electron chi connectivity index (χ3n) is 3.54. The molecule has 1 aliphatic rings. The van der Waals surface area contributed by atoms with E-state index in [-0.39, 0.29) is 10.1 Å². The van der Waals surface area contributed by atoms with Gasteiger partial charge in [0.1, 0.15) is 0 Å². The van der Waals surface area contributed by atoms with Gasteiger partial charge in [0.2, 0.25) is 0 Å². The third kappa shape index (κ3) is 3.71. The van der Waals surface area contributed by atoms with Gasteiger partial charge in [-0.3, -0.25) is 15.0 Å². The maximum absolute atomic E-state index is 12.5. The zero-order valence-electron chi connectivity index (χ0n) is 13.6. The van der Waals surface area contributed by atoms with Crippen molar-refractivity contribution in [3.63, 3.8) is 0 Å². The number of thioether (sulfide) groups is 1. The van der Waals surface area contributed by atoms with Gasteiger partial charge in [0.05, 0.1) is 12.0 Å². The molecular weight excluding hydrogens is 372 g/mol. The molecule has 2 aromatic carbocycles. The van der Waals surface area contributed by atoms with E-state index in [0.717, 1.165) is 16.8 Å². The number of phenols is 1. The molecule has 2 amide bonds. The number of nitrogens with zero attached hydrogens (tertiary/aromatic N) is 1. The lowest BCUT2D eigenvalue weighted by Crippen LogP contribution is -2.44. The summed E-state index contributed by atoms with van der Waals surface area (Å²) in [5.41, 5.74) is 3.54. The molecule has 0 unspecified atom stereocenters. The second-order valence-corrected chi connectivity index (χ2v) is 6.93. The van der Waals surface area contributed by atoms with E-state index in [2.05, 4.69) is 5.43 Å². The van der Waals surface area contributed by atoms with Crippen LogP contribution < -0.4 is 10.2 Å². The van der Waals surface area contributed by atoms with E-state index in [4.69, 9.17) is 17.0 Å². The summed E-state index contributed by atoms with van der Waals surface area (Å²) in [5, 5.41) is 10.9. The monoisotopic (exact) mass is 386 g/mol. The Morgan fingerprint density at radius 1 is 1.27 bits per heavy atom. The predicted molar refractivity (Wildman–Crippen MR) is 104 cm³/mol. The molecule has 2 N–H and O–H groups in total. The topological polar surface area (TPSA) is 78.9 Å². The lowest BCUT2D eigenvalue weighted by atomic mass is 10.2. The lowest BCUT2D eigenvalue weighted by molar-refractivity contribution is -0.123. The normalized spacial score (nSPS) is 15.4. The van der Waals surface area contributed by atoms with Crippen molar-refractivity contribution in [2.75, 3.05) is 7.11 Å². The molecule has 6 nitrogen and oxygen atoms in total. The van der Waals surface area contributed by atoms with Crippen LogP contribution in [-0.2, 0) is 4.79 Å². The largest absolute Gasteiger partial charge is 0.504 e. The number of benzene rings is 2. The Hall–Kier alpha value is -2.84. The maximum atomic E-state index is 12.5. The summed E-state index contributed by atoms with van der Waals surface area (Å²) < 4.78 is 5.22. The Morgan fingerprint density at radius 2 is 2.00 bits per heavy atom. The van der Waals surface area contributed by atoms with Crippen molar-refractivity contribution in [3.05, 3.63) is 64.6 Å². The van der Waals surface area contributed by atoms with E-state index in [1.54, 1.807) is 48.5 Å². The van der Waals surface area contributed by atoms with Crippen LogP contribution in [0.5, 0.6) is 11.5 Å². The minimum absolute atomic E-state index is 0.0332. The number of rotatable bonds is 4. The zero-order chi connectivity index (χ0) is 18.7. The van der Waals surface area contributed by atoms with Gasteiger partial charge in [-0.15, -0.1) is 0 Å². The second kappa shape index (κ2) is 7.59. The number of methoxy groups -OCH3 is 1. The van der Waals surface area contributed by atoms with Crippen LogP contribution >= 0.6 is 24.0 Å². The van der Waals surface area contributed by atoms with Crippen molar-refractivity contribution in [1.29, 1.82) is 0 Å². The molecule has 0 aliphatic carbocycles. The fraction of sp³-hybridized carbons (Fsp3) is 0.0556. The number of hydrazine groups is 1. The molecule has 8 heteroatoms. The summed E-state index contributed by atoms with van der Waals surface area (Å²) in [6, 6.07) is 13.3. The molecule has 2 aromatic rings. The van der Waals surface area contributed by atoms with Gasteiger partial charge in [-0.05, 0) is 48.1 Å². The molecule has 0 bridgehead atoms. The molecule has 3 rings (SSSR count). The predicted octanol–water partition coefficient (Wildman–Crippen LogP) is 2.95. The second-order valence-electron chi connectivity index (χ2n) is 5.26. The minimum atomic E-state index is -0.431. The first-order chi connectivity index (χ1) is 12.5. The number of aromatic hydroxyl groups is 1. The van der Waals surface area contributed by atoms with E-state index in [1.807, 2.05) is 0 Å². The highest BCUT2D eigenvalue weighted by atomic mass is 32.2. The fourth-order valence-electron chi connectivity index (χ4n) is 2.27. The van der Waals surface area contributed by atoms with Crippen LogP contribution in [-0.4, -0.2) is 33.4 Å². The Kier molecular flexibility index (Phi) is 5.24. The van der Waals surface area contributed by atoms with Crippen LogP contribution in [0.15, 0.2) is 53.4 Å². The standard InChI is InChI=1S/C18H14N2O4S2/c1-24-14-8-7-11(9-13(14)21)10-15-17(23)20(18(25)26-15)19-16(22)12-5-3-2-4-6-12/h2-10,21H,1H3,(H,19,22)/b15-10+. The minimum Gasteiger partial charge on any atom is -0.504 e. The van der Waals surface area contributed by atoms with Crippen LogP contribution in [0.25, 0.3) is 6.08 Å². The molecule has 26 heavy (non-hydrogen) atoms. The Morgan fingerprint density at radius 3 is 2.65 bits per heavy atom. The molecule has 1 aliphatic heterocycles. The van der Waals surface area contributed by atoms with Gasteiger partial charge in [-0.2, -0.15) is 5.01 Å². The van der Waals surface area contributed by atoms with Gasteiger partial charge in [0.15, 0.2) is 15.8 Å². The van der Waals surface area contributed by atoms with E-state index in [1.165, 1.54) is 13.2 Å². The number of ether oxygens (including phenoxy) is 1. The average Bonchev–Trinajstić information content (AvgIpc) is 2.90. The van der Waals surface area contributed by atoms with Gasteiger partial charge in [0.25, 0.3) is 11.8 Å². The molecule has 1 heterocycles. The van der Waals surface area contributed by atoms with Crippen LogP contribution in [0.1, 0.15) is 15.9 Å². The van der Waals surface area contributed by atoms with E-state index in [0.29, 0.717) is 21.8 Å². The van der Waals surface area contributed by atoms with Crippen LogP contribution in [0.4, 0.5) is 0 Å². The van der Waals surface area contributed by atoms with Crippen LogP contribution in [0.2, 0.25) is 0 Å². The highest BCUT2D eigenvalue weighted by Gasteiger charge is 2.33. The van der Waals surface area contributed by atoms with Crippen LogP contribution in [0.3, 0.4) is 0 Å². The molecule has 0 saturated carbocycles. The number of thiocarbonyl (C=S) groups is 1. The first kappa shape index (κ1) is 18.0. The smallest absolute Gasteiger partial charge is 0.285 e. The van der Waals surface area contributed by atoms with Crippen LogP contribution in [0, 0.1) is 0 Å². The summed E-state index contributed by atoms with van der Waals surface area (Å²) in [6.07, 6.45) is 1.59. The summed E-state index contributed by atoms with van der Waals surface area (Å²) in [7, 11) is 1.45. The Bertz CT molecular complexity index is 913. The molecular formula is C18H14N2O4S2. The molecule has 132 valence electrons. The molecule has 0 spiro atoms. The molecule has 1 fully saturated rings. The zero-order valence-corrected chi connectivity index (χ0v) is 15.3. The summed E-state index contributed by atoms with van der Waals surface area (Å²) >= 11 is 6.26. The Labute approximate surface area is 159 Å². The van der Waals surface area contributed by atoms with Gasteiger partial charge in [-0.25, -0.2) is 0 Å². The lowest BCUT2D eigenvalue weighted by Gasteiger charge is -2.15. The number of amides is 2. The number of carbonyl (C=O) groups is 2. The Balaban J connectivity index is 1.78. The number of nitrogens with one attached hydrogen (secondary N) is 1. The number of phenolic OH excluding ortho intramolecular Hbond substituents is 1. The summed E-state index contributed by atoms with van der Waals surface area (Å²) in [6.45, 7) is 0. The van der Waals surface area contributed by atoms with E-state index in [9.17, 15) is 14.7 Å². The van der Waals surface area contributed by atoms with Gasteiger partial charge < -0.3 is 9.84 Å². The quantitative estimate of drug-likeness (QED) is 0.621. The molecule has 0 aromatic heterocycles. The number of carbonyl (C=O) groups excluding carboxylic acids is 2. The fourth-order valence-corrected chi connectivity index (χ4v) is 3.45. The van der Waals surface area contributed by atoms with Crippen molar-refractivity contribution in [1.82, 2.24) is 10.4 Å². The van der Waals surface area contributed by atoms with E-state index >= 15 is 0 Å². The highest BCUT2D eigenvalue weighted by molar-refractivity contribution is 8.26. The van der Waals surface area contributed by atoms with Crippen molar-refractivity contribution in [2.24, 2.45) is 0 Å². The van der Waals surface area contributed by atoms with E-state index < -0.39 is 11.8 Å². The van der Waals surface area contributed by atoms with Crippen molar-refractivity contribution >= 4 is 46.2 Å². The van der Waals surface area contributed by atoms with Gasteiger partial charge >= 0.3 is 0 Å². The third-order valence-corrected chi connectivity index (χ3v) is 4.85. The van der Waals surface area contributed by atoms with Crippen molar-refractivity contribution < 1.29 is 19.4 Å². The number of hydrogen-bond acceptors (Lipinski definition) is 6. The SMILES string of the molecule is COc1ccc(/C=C2/SC(=S)N(NC(=O)c3ccccc3)C2=O)cc1O. The molecule has 1 saturated heterocycles. The van der Waals surface area contributed by atoms with Gasteiger partial charge in [-0.1, -0.05) is 36.0 Å². The maximum Gasteiger partial charge on any atom is 0.285 e. The first-order valence-electron chi connectivity index (χ1n) is 7.50. The number of hydrogen-bond donors (Lipinski definition) is 2. The first-order valence-corrected chi connectivity index (χ1v) is 8.73. The highest BCUT2D eigenvalue weighted by Crippen LogP contribution is 2.33. The van der Waals surface area contributed by atoms with Crippen molar-refractivity contribution in [2.45, 2.75) is 0 Å². The van der Waals surface area contributed by atoms with Crippen molar-refractivity contribution in [3.8, 4) is 11.5 Å².